The summed E-state index contributed by atoms with van der Waals surface area (Å²) in [6.07, 6.45) is 3.20. The smallest absolute Gasteiger partial charge is 0.251 e. The third-order valence-corrected chi connectivity index (χ3v) is 4.65. The minimum atomic E-state index is -0.542. The number of anilines is 1. The molecule has 0 aliphatic carbocycles. The van der Waals surface area contributed by atoms with Crippen LogP contribution in [0.5, 0.6) is 5.75 Å². The lowest BCUT2D eigenvalue weighted by molar-refractivity contribution is -0.111. The molecule has 0 saturated carbocycles. The van der Waals surface area contributed by atoms with Crippen molar-refractivity contribution >= 4 is 34.2 Å². The van der Waals surface area contributed by atoms with Crippen LogP contribution in [0.4, 0.5) is 5.00 Å². The molecule has 1 aromatic heterocycles. The highest BCUT2D eigenvalue weighted by atomic mass is 32.1. The van der Waals surface area contributed by atoms with E-state index >= 15 is 0 Å². The van der Waals surface area contributed by atoms with Gasteiger partial charge in [0.1, 0.15) is 10.8 Å². The maximum atomic E-state index is 12.2. The number of hydrogen-bond acceptors (Lipinski definition) is 4. The van der Waals surface area contributed by atoms with Gasteiger partial charge < -0.3 is 15.8 Å². The molecule has 25 heavy (non-hydrogen) atoms. The Balaban J connectivity index is 2.12. The largest absolute Gasteiger partial charge is 0.491 e. The fourth-order valence-corrected chi connectivity index (χ4v) is 3.37. The molecule has 0 unspecified atom stereocenters. The maximum Gasteiger partial charge on any atom is 0.251 e. The Morgan fingerprint density at radius 2 is 2.00 bits per heavy atom. The summed E-state index contributed by atoms with van der Waals surface area (Å²) >= 11 is 1.34. The van der Waals surface area contributed by atoms with Crippen LogP contribution in [0.1, 0.15) is 40.2 Å². The summed E-state index contributed by atoms with van der Waals surface area (Å²) in [4.78, 5) is 24.7. The van der Waals surface area contributed by atoms with Gasteiger partial charge in [-0.3, -0.25) is 9.59 Å². The van der Waals surface area contributed by atoms with E-state index in [-0.39, 0.29) is 12.0 Å². The van der Waals surface area contributed by atoms with Gasteiger partial charge in [-0.2, -0.15) is 0 Å². The van der Waals surface area contributed by atoms with Crippen molar-refractivity contribution in [3.63, 3.8) is 0 Å². The first kappa shape index (κ1) is 18.7. The van der Waals surface area contributed by atoms with Crippen LogP contribution in [-0.2, 0) is 4.79 Å². The highest BCUT2D eigenvalue weighted by Crippen LogP contribution is 2.32. The lowest BCUT2D eigenvalue weighted by Crippen LogP contribution is -2.16. The number of aryl methyl sites for hydroxylation is 1. The predicted molar refractivity (Wildman–Crippen MR) is 102 cm³/mol. The van der Waals surface area contributed by atoms with E-state index in [1.807, 2.05) is 52.0 Å². The topological polar surface area (TPSA) is 81.4 Å². The summed E-state index contributed by atoms with van der Waals surface area (Å²) in [6, 6.07) is 7.48. The highest BCUT2D eigenvalue weighted by molar-refractivity contribution is 7.16. The van der Waals surface area contributed by atoms with Gasteiger partial charge >= 0.3 is 0 Å². The molecule has 0 aliphatic rings. The van der Waals surface area contributed by atoms with Gasteiger partial charge in [-0.25, -0.2) is 0 Å². The molecule has 0 atom stereocenters. The fourth-order valence-electron chi connectivity index (χ4n) is 2.30. The summed E-state index contributed by atoms with van der Waals surface area (Å²) in [7, 11) is 0. The van der Waals surface area contributed by atoms with Gasteiger partial charge in [-0.05, 0) is 57.0 Å². The Labute approximate surface area is 151 Å². The molecule has 3 N–H and O–H groups in total. The molecule has 0 fully saturated rings. The molecule has 1 aromatic carbocycles. The Bertz CT molecular complexity index is 822. The normalized spacial score (nSPS) is 11.1. The molecule has 1 heterocycles. The molecule has 0 aliphatic heterocycles. The zero-order valence-electron chi connectivity index (χ0n) is 14.8. The molecule has 0 saturated heterocycles. The van der Waals surface area contributed by atoms with E-state index in [1.54, 1.807) is 6.08 Å². The van der Waals surface area contributed by atoms with Crippen LogP contribution >= 0.6 is 11.3 Å². The van der Waals surface area contributed by atoms with Crippen LogP contribution < -0.4 is 15.8 Å². The first-order valence-electron chi connectivity index (χ1n) is 7.93. The summed E-state index contributed by atoms with van der Waals surface area (Å²) in [5.74, 6) is -0.114. The minimum absolute atomic E-state index is 0.0834. The predicted octanol–water partition coefficient (Wildman–Crippen LogP) is 3.90. The second-order valence-electron chi connectivity index (χ2n) is 5.91. The van der Waals surface area contributed by atoms with Gasteiger partial charge in [-0.15, -0.1) is 11.3 Å². The number of carbonyl (C=O) groups is 2. The van der Waals surface area contributed by atoms with Crippen molar-refractivity contribution in [1.29, 1.82) is 0 Å². The van der Waals surface area contributed by atoms with E-state index in [0.717, 1.165) is 21.8 Å². The van der Waals surface area contributed by atoms with E-state index in [1.165, 1.54) is 17.4 Å². The zero-order valence-corrected chi connectivity index (χ0v) is 15.6. The number of ether oxygens (including phenoxy) is 1. The van der Waals surface area contributed by atoms with Gasteiger partial charge in [0, 0.05) is 11.0 Å². The summed E-state index contributed by atoms with van der Waals surface area (Å²) in [5.41, 5.74) is 7.43. The fraction of sp³-hybridized carbons (Fsp3) is 0.263. The van der Waals surface area contributed by atoms with E-state index < -0.39 is 5.91 Å². The number of carbonyl (C=O) groups excluding carboxylic acids is 2. The molecule has 6 heteroatoms. The van der Waals surface area contributed by atoms with Crippen molar-refractivity contribution in [3.05, 3.63) is 51.9 Å². The van der Waals surface area contributed by atoms with Crippen LogP contribution in [0.3, 0.4) is 0 Å². The lowest BCUT2D eigenvalue weighted by atomic mass is 10.1. The quantitative estimate of drug-likeness (QED) is 0.768. The highest BCUT2D eigenvalue weighted by Gasteiger charge is 2.18. The Hall–Kier alpha value is -2.60. The van der Waals surface area contributed by atoms with Gasteiger partial charge in [0.25, 0.3) is 5.91 Å². The Morgan fingerprint density at radius 3 is 2.64 bits per heavy atom. The number of primary amides is 1. The molecule has 0 bridgehead atoms. The van der Waals surface area contributed by atoms with Crippen LogP contribution in [0.2, 0.25) is 0 Å². The molecule has 132 valence electrons. The molecule has 0 radical (unpaired) electrons. The average Bonchev–Trinajstić information content (AvgIpc) is 2.79. The van der Waals surface area contributed by atoms with Crippen LogP contribution in [0, 0.1) is 13.8 Å². The Kier molecular flexibility index (Phi) is 5.98. The molecule has 2 amide bonds. The molecular formula is C19H22N2O3S. The maximum absolute atomic E-state index is 12.2. The number of thiophene rings is 1. The van der Waals surface area contributed by atoms with Crippen molar-refractivity contribution in [1.82, 2.24) is 0 Å². The standard InChI is InChI=1S/C19H22N2O3S/c1-11(2)24-15-7-5-6-14(10-15)8-9-16(22)21-19-17(18(20)23)12(3)13(4)25-19/h5-11H,1-4H3,(H2,20,23)(H,21,22)/b9-8+. The van der Waals surface area contributed by atoms with Crippen molar-refractivity contribution in [2.45, 2.75) is 33.8 Å². The van der Waals surface area contributed by atoms with E-state index in [0.29, 0.717) is 10.6 Å². The van der Waals surface area contributed by atoms with Crippen molar-refractivity contribution in [3.8, 4) is 5.75 Å². The summed E-state index contributed by atoms with van der Waals surface area (Å²) in [6.45, 7) is 7.62. The minimum Gasteiger partial charge on any atom is -0.491 e. The van der Waals surface area contributed by atoms with Crippen molar-refractivity contribution < 1.29 is 14.3 Å². The SMILES string of the molecule is Cc1sc(NC(=O)/C=C/c2cccc(OC(C)C)c2)c(C(N)=O)c1C. The van der Waals surface area contributed by atoms with Crippen LogP contribution in [-0.4, -0.2) is 17.9 Å². The second kappa shape index (κ2) is 7.98. The third-order valence-electron chi connectivity index (χ3n) is 3.53. The van der Waals surface area contributed by atoms with Gasteiger partial charge in [-0.1, -0.05) is 12.1 Å². The number of benzene rings is 1. The van der Waals surface area contributed by atoms with E-state index in [2.05, 4.69) is 5.32 Å². The zero-order chi connectivity index (χ0) is 18.6. The average molecular weight is 358 g/mol. The van der Waals surface area contributed by atoms with Gasteiger partial charge in [0.05, 0.1) is 11.7 Å². The molecule has 5 nitrogen and oxygen atoms in total. The van der Waals surface area contributed by atoms with E-state index in [4.69, 9.17) is 10.5 Å². The third kappa shape index (κ3) is 4.93. The van der Waals surface area contributed by atoms with Gasteiger partial charge in [0.15, 0.2) is 0 Å². The number of nitrogens with two attached hydrogens (primary N) is 1. The molecule has 2 aromatic rings. The first-order chi connectivity index (χ1) is 11.8. The Morgan fingerprint density at radius 1 is 1.28 bits per heavy atom. The molecule has 2 rings (SSSR count). The van der Waals surface area contributed by atoms with Crippen LogP contribution in [0.15, 0.2) is 30.3 Å². The number of hydrogen-bond donors (Lipinski definition) is 2. The van der Waals surface area contributed by atoms with E-state index in [9.17, 15) is 9.59 Å². The molecule has 0 spiro atoms. The van der Waals surface area contributed by atoms with Crippen molar-refractivity contribution in [2.75, 3.05) is 5.32 Å². The lowest BCUT2D eigenvalue weighted by Gasteiger charge is -2.09. The first-order valence-corrected chi connectivity index (χ1v) is 8.75. The number of amides is 2. The van der Waals surface area contributed by atoms with Crippen LogP contribution in [0.25, 0.3) is 6.08 Å². The summed E-state index contributed by atoms with van der Waals surface area (Å²) < 4.78 is 5.63. The van der Waals surface area contributed by atoms with Crippen molar-refractivity contribution in [2.24, 2.45) is 5.73 Å². The second-order valence-corrected chi connectivity index (χ2v) is 7.14. The summed E-state index contributed by atoms with van der Waals surface area (Å²) in [5, 5.41) is 3.21. The molecular weight excluding hydrogens is 336 g/mol. The number of rotatable bonds is 6. The number of nitrogens with one attached hydrogen (secondary N) is 1. The monoisotopic (exact) mass is 358 g/mol. The van der Waals surface area contributed by atoms with Gasteiger partial charge in [0.2, 0.25) is 5.91 Å².